The number of nitrogens with one attached hydrogen (secondary N) is 1. The third-order valence-corrected chi connectivity index (χ3v) is 7.06. The Labute approximate surface area is 208 Å². The predicted octanol–water partition coefficient (Wildman–Crippen LogP) is 5.65. The first kappa shape index (κ1) is 24.8. The number of fused-ring (bicyclic) bond motifs is 1. The molecule has 0 heterocycles. The maximum absolute atomic E-state index is 13.7. The molecule has 0 aromatic heterocycles. The average molecular weight is 473 g/mol. The van der Waals surface area contributed by atoms with Crippen LogP contribution >= 0.6 is 0 Å². The predicted molar refractivity (Wildman–Crippen MR) is 140 cm³/mol. The number of hydrogen-bond acceptors (Lipinski definition) is 3. The zero-order valence-corrected chi connectivity index (χ0v) is 20.8. The summed E-state index contributed by atoms with van der Waals surface area (Å²) < 4.78 is 5.38. The second-order valence-electron chi connectivity index (χ2n) is 9.43. The van der Waals surface area contributed by atoms with Gasteiger partial charge in [0.05, 0.1) is 7.11 Å². The van der Waals surface area contributed by atoms with Crippen LogP contribution in [0.25, 0.3) is 10.8 Å². The molecule has 3 aromatic rings. The molecule has 0 bridgehead atoms. The molecule has 5 nitrogen and oxygen atoms in total. The Hall–Kier alpha value is -3.34. The Balaban J connectivity index is 1.55. The lowest BCUT2D eigenvalue weighted by Gasteiger charge is -2.31. The zero-order chi connectivity index (χ0) is 24.6. The highest BCUT2D eigenvalue weighted by atomic mass is 16.5. The fourth-order valence-electron chi connectivity index (χ4n) is 5.15. The van der Waals surface area contributed by atoms with Gasteiger partial charge in [0.25, 0.3) is 0 Å². The number of carbonyl (C=O) groups excluding carboxylic acids is 2. The van der Waals surface area contributed by atoms with Gasteiger partial charge in [0.1, 0.15) is 11.8 Å². The first-order valence-electron chi connectivity index (χ1n) is 12.8. The van der Waals surface area contributed by atoms with E-state index in [1.807, 2.05) is 49.4 Å². The highest BCUT2D eigenvalue weighted by Gasteiger charge is 2.30. The lowest BCUT2D eigenvalue weighted by Crippen LogP contribution is -2.51. The third kappa shape index (κ3) is 6.21. The van der Waals surface area contributed by atoms with Gasteiger partial charge in [-0.15, -0.1) is 0 Å². The Bertz CT molecular complexity index is 1150. The van der Waals surface area contributed by atoms with Gasteiger partial charge in [-0.2, -0.15) is 0 Å². The van der Waals surface area contributed by atoms with E-state index in [-0.39, 0.29) is 17.9 Å². The summed E-state index contributed by atoms with van der Waals surface area (Å²) in [7, 11) is 1.64. The minimum absolute atomic E-state index is 0.00539. The molecule has 1 aliphatic carbocycles. The van der Waals surface area contributed by atoms with Crippen molar-refractivity contribution in [3.63, 3.8) is 0 Å². The number of benzene rings is 3. The molecular weight excluding hydrogens is 436 g/mol. The molecule has 5 heteroatoms. The lowest BCUT2D eigenvalue weighted by atomic mass is 10.00. The Morgan fingerprint density at radius 1 is 1.03 bits per heavy atom. The lowest BCUT2D eigenvalue weighted by molar-refractivity contribution is -0.141. The molecule has 0 radical (unpaired) electrons. The van der Waals surface area contributed by atoms with E-state index in [9.17, 15) is 9.59 Å². The molecule has 4 rings (SSSR count). The standard InChI is InChI=1S/C30H36N2O3/c1-3-28(30(34)31-25-14-5-6-15-25)32(21-22-10-8-16-26(20-22)35-2)29(33)19-18-24-13-9-12-23-11-4-7-17-27(23)24/h4,7-13,16-17,20,25,28H,3,5-6,14-15,18-19,21H2,1-2H3,(H,31,34)/t28-/m0/s1. The number of ether oxygens (including phenoxy) is 1. The summed E-state index contributed by atoms with van der Waals surface area (Å²) in [4.78, 5) is 28.7. The molecule has 1 saturated carbocycles. The molecule has 1 fully saturated rings. The highest BCUT2D eigenvalue weighted by molar-refractivity contribution is 5.89. The second-order valence-corrected chi connectivity index (χ2v) is 9.43. The number of carbonyl (C=O) groups is 2. The number of aryl methyl sites for hydroxylation is 1. The van der Waals surface area contributed by atoms with Crippen LogP contribution in [0.5, 0.6) is 5.75 Å². The first-order valence-corrected chi connectivity index (χ1v) is 12.8. The summed E-state index contributed by atoms with van der Waals surface area (Å²) in [5.41, 5.74) is 2.11. The Morgan fingerprint density at radius 3 is 2.54 bits per heavy atom. The van der Waals surface area contributed by atoms with Crippen LogP contribution in [-0.2, 0) is 22.6 Å². The highest BCUT2D eigenvalue weighted by Crippen LogP contribution is 2.23. The SMILES string of the molecule is CC[C@@H](C(=O)NC1CCCC1)N(Cc1cccc(OC)c1)C(=O)CCc1cccc2ccccc12. The summed E-state index contributed by atoms with van der Waals surface area (Å²) in [6.45, 7) is 2.36. The molecular formula is C30H36N2O3. The molecule has 35 heavy (non-hydrogen) atoms. The summed E-state index contributed by atoms with van der Waals surface area (Å²) in [5, 5.41) is 5.56. The van der Waals surface area contributed by atoms with Crippen LogP contribution in [0, 0.1) is 0 Å². The molecule has 0 aliphatic heterocycles. The molecule has 1 atom stereocenters. The number of rotatable bonds is 10. The summed E-state index contributed by atoms with van der Waals surface area (Å²) in [5.74, 6) is 0.698. The van der Waals surface area contributed by atoms with Crippen molar-refractivity contribution in [1.82, 2.24) is 10.2 Å². The van der Waals surface area contributed by atoms with Crippen molar-refractivity contribution in [3.8, 4) is 5.75 Å². The van der Waals surface area contributed by atoms with Crippen LogP contribution in [-0.4, -0.2) is 35.9 Å². The van der Waals surface area contributed by atoms with Crippen LogP contribution in [0.2, 0.25) is 0 Å². The van der Waals surface area contributed by atoms with E-state index in [0.717, 1.165) is 42.6 Å². The Morgan fingerprint density at radius 2 is 1.77 bits per heavy atom. The van der Waals surface area contributed by atoms with Gasteiger partial charge in [0.15, 0.2) is 0 Å². The van der Waals surface area contributed by atoms with Crippen LogP contribution in [0.4, 0.5) is 0 Å². The van der Waals surface area contributed by atoms with Gasteiger partial charge in [-0.1, -0.05) is 74.4 Å². The van der Waals surface area contributed by atoms with Crippen molar-refractivity contribution >= 4 is 22.6 Å². The van der Waals surface area contributed by atoms with Crippen molar-refractivity contribution < 1.29 is 14.3 Å². The largest absolute Gasteiger partial charge is 0.497 e. The van der Waals surface area contributed by atoms with Gasteiger partial charge in [-0.05, 0) is 59.7 Å². The van der Waals surface area contributed by atoms with E-state index in [0.29, 0.717) is 25.8 Å². The van der Waals surface area contributed by atoms with Gasteiger partial charge < -0.3 is 15.0 Å². The molecule has 0 saturated heterocycles. The first-order chi connectivity index (χ1) is 17.1. The average Bonchev–Trinajstić information content (AvgIpc) is 3.40. The van der Waals surface area contributed by atoms with Gasteiger partial charge in [0.2, 0.25) is 11.8 Å². The van der Waals surface area contributed by atoms with Crippen LogP contribution in [0.3, 0.4) is 0 Å². The zero-order valence-electron chi connectivity index (χ0n) is 20.8. The van der Waals surface area contributed by atoms with Crippen molar-refractivity contribution in [2.24, 2.45) is 0 Å². The fourth-order valence-corrected chi connectivity index (χ4v) is 5.15. The third-order valence-electron chi connectivity index (χ3n) is 7.06. The molecule has 0 unspecified atom stereocenters. The molecule has 184 valence electrons. The molecule has 1 N–H and O–H groups in total. The van der Waals surface area contributed by atoms with Gasteiger partial charge in [-0.3, -0.25) is 9.59 Å². The summed E-state index contributed by atoms with van der Waals surface area (Å²) >= 11 is 0. The fraction of sp³-hybridized carbons (Fsp3) is 0.400. The maximum Gasteiger partial charge on any atom is 0.243 e. The van der Waals surface area contributed by atoms with Crippen molar-refractivity contribution in [3.05, 3.63) is 77.9 Å². The van der Waals surface area contributed by atoms with Crippen molar-refractivity contribution in [1.29, 1.82) is 0 Å². The minimum atomic E-state index is -0.498. The van der Waals surface area contributed by atoms with E-state index in [1.165, 1.54) is 10.8 Å². The van der Waals surface area contributed by atoms with Crippen LogP contribution in [0.1, 0.15) is 56.6 Å². The van der Waals surface area contributed by atoms with E-state index in [4.69, 9.17) is 4.74 Å². The monoisotopic (exact) mass is 472 g/mol. The van der Waals surface area contributed by atoms with E-state index in [1.54, 1.807) is 12.0 Å². The van der Waals surface area contributed by atoms with Gasteiger partial charge >= 0.3 is 0 Å². The summed E-state index contributed by atoms with van der Waals surface area (Å²) in [6.07, 6.45) is 5.90. The molecule has 3 aromatic carbocycles. The normalized spacial score (nSPS) is 14.6. The smallest absolute Gasteiger partial charge is 0.243 e. The molecule has 2 amide bonds. The number of nitrogens with zero attached hydrogens (tertiary/aromatic N) is 1. The molecule has 0 spiro atoms. The Kier molecular flexibility index (Phi) is 8.40. The topological polar surface area (TPSA) is 58.6 Å². The number of methoxy groups -OCH3 is 1. The number of hydrogen-bond donors (Lipinski definition) is 1. The minimum Gasteiger partial charge on any atom is -0.497 e. The van der Waals surface area contributed by atoms with Crippen molar-refractivity contribution in [2.75, 3.05) is 7.11 Å². The van der Waals surface area contributed by atoms with E-state index >= 15 is 0 Å². The molecule has 1 aliphatic rings. The number of amides is 2. The summed E-state index contributed by atoms with van der Waals surface area (Å²) in [6, 6.07) is 21.9. The van der Waals surface area contributed by atoms with E-state index in [2.05, 4.69) is 29.6 Å². The van der Waals surface area contributed by atoms with Gasteiger partial charge in [0, 0.05) is 19.0 Å². The quantitative estimate of drug-likeness (QED) is 0.415. The van der Waals surface area contributed by atoms with E-state index < -0.39 is 6.04 Å². The van der Waals surface area contributed by atoms with Crippen LogP contribution < -0.4 is 10.1 Å². The second kappa shape index (κ2) is 11.9. The van der Waals surface area contributed by atoms with Crippen LogP contribution in [0.15, 0.2) is 66.7 Å². The maximum atomic E-state index is 13.7. The van der Waals surface area contributed by atoms with Crippen molar-refractivity contribution in [2.45, 2.75) is 70.5 Å². The van der Waals surface area contributed by atoms with Gasteiger partial charge in [-0.25, -0.2) is 0 Å².